The molecule has 1 amide bonds. The molecule has 4 heteroatoms. The predicted octanol–water partition coefficient (Wildman–Crippen LogP) is 1.33. The van der Waals surface area contributed by atoms with E-state index in [0.717, 1.165) is 32.5 Å². The van der Waals surface area contributed by atoms with Crippen molar-refractivity contribution in [2.75, 3.05) is 19.7 Å². The van der Waals surface area contributed by atoms with Gasteiger partial charge in [-0.15, -0.1) is 0 Å². The molecule has 1 heterocycles. The summed E-state index contributed by atoms with van der Waals surface area (Å²) in [4.78, 5) is 13.5. The van der Waals surface area contributed by atoms with Crippen molar-refractivity contribution in [3.05, 3.63) is 0 Å². The van der Waals surface area contributed by atoms with E-state index in [4.69, 9.17) is 4.74 Å². The van der Waals surface area contributed by atoms with E-state index in [1.165, 1.54) is 0 Å². The van der Waals surface area contributed by atoms with Crippen molar-refractivity contribution in [3.8, 4) is 0 Å². The number of thiol groups is 1. The van der Waals surface area contributed by atoms with Crippen LogP contribution in [-0.2, 0) is 9.53 Å². The third-order valence-electron chi connectivity index (χ3n) is 2.50. The summed E-state index contributed by atoms with van der Waals surface area (Å²) in [5.41, 5.74) is 0. The minimum Gasteiger partial charge on any atom is -0.376 e. The van der Waals surface area contributed by atoms with Gasteiger partial charge in [-0.3, -0.25) is 4.79 Å². The third kappa shape index (κ3) is 3.17. The molecule has 0 radical (unpaired) electrons. The van der Waals surface area contributed by atoms with Gasteiger partial charge in [-0.05, 0) is 26.7 Å². The van der Waals surface area contributed by atoms with E-state index in [2.05, 4.69) is 12.6 Å². The number of carbonyl (C=O) groups excluding carboxylic acids is 1. The minimum absolute atomic E-state index is 0.103. The van der Waals surface area contributed by atoms with Crippen molar-refractivity contribution >= 4 is 18.5 Å². The molecule has 0 saturated carbocycles. The monoisotopic (exact) mass is 217 g/mol. The molecule has 1 aliphatic heterocycles. The molecule has 14 heavy (non-hydrogen) atoms. The van der Waals surface area contributed by atoms with Gasteiger partial charge in [0.05, 0.1) is 11.4 Å². The topological polar surface area (TPSA) is 29.5 Å². The molecular weight excluding hydrogens is 198 g/mol. The number of rotatable bonds is 4. The molecule has 1 fully saturated rings. The van der Waals surface area contributed by atoms with Crippen molar-refractivity contribution in [1.29, 1.82) is 0 Å². The van der Waals surface area contributed by atoms with E-state index in [1.54, 1.807) is 0 Å². The van der Waals surface area contributed by atoms with E-state index < -0.39 is 0 Å². The van der Waals surface area contributed by atoms with Crippen LogP contribution in [0.15, 0.2) is 0 Å². The largest absolute Gasteiger partial charge is 0.376 e. The van der Waals surface area contributed by atoms with Crippen LogP contribution in [0.2, 0.25) is 0 Å². The number of hydrogen-bond acceptors (Lipinski definition) is 3. The molecule has 2 unspecified atom stereocenters. The number of likely N-dealkylation sites (N-methyl/N-ethyl adjacent to an activating group) is 1. The van der Waals surface area contributed by atoms with E-state index in [-0.39, 0.29) is 17.3 Å². The van der Waals surface area contributed by atoms with Gasteiger partial charge in [0.15, 0.2) is 0 Å². The molecule has 0 bridgehead atoms. The Bertz CT molecular complexity index is 191. The SMILES string of the molecule is CCN(CC1CCCO1)C(=O)C(C)S. The molecule has 0 aliphatic carbocycles. The molecule has 0 aromatic carbocycles. The summed E-state index contributed by atoms with van der Waals surface area (Å²) in [7, 11) is 0. The van der Waals surface area contributed by atoms with Gasteiger partial charge in [0.1, 0.15) is 0 Å². The van der Waals surface area contributed by atoms with Crippen LogP contribution in [0.25, 0.3) is 0 Å². The lowest BCUT2D eigenvalue weighted by atomic mass is 10.2. The first-order valence-corrected chi connectivity index (χ1v) is 5.75. The summed E-state index contributed by atoms with van der Waals surface area (Å²) < 4.78 is 5.50. The van der Waals surface area contributed by atoms with E-state index in [9.17, 15) is 4.79 Å². The van der Waals surface area contributed by atoms with E-state index in [1.807, 2.05) is 18.7 Å². The fourth-order valence-corrected chi connectivity index (χ4v) is 1.84. The lowest BCUT2D eigenvalue weighted by molar-refractivity contribution is -0.131. The Morgan fingerprint density at radius 2 is 2.43 bits per heavy atom. The summed E-state index contributed by atoms with van der Waals surface area (Å²) in [6, 6.07) is 0. The average molecular weight is 217 g/mol. The second kappa shape index (κ2) is 5.61. The standard InChI is InChI=1S/C10H19NO2S/c1-3-11(10(12)8(2)14)7-9-5-4-6-13-9/h8-9,14H,3-7H2,1-2H3. The van der Waals surface area contributed by atoms with Crippen LogP contribution in [0.5, 0.6) is 0 Å². The second-order valence-electron chi connectivity index (χ2n) is 3.69. The van der Waals surface area contributed by atoms with Crippen LogP contribution in [0, 0.1) is 0 Å². The molecule has 0 N–H and O–H groups in total. The molecule has 1 rings (SSSR count). The Morgan fingerprint density at radius 1 is 1.71 bits per heavy atom. The number of ether oxygens (including phenoxy) is 1. The number of hydrogen-bond donors (Lipinski definition) is 1. The Kier molecular flexibility index (Phi) is 4.75. The molecular formula is C10H19NO2S. The highest BCUT2D eigenvalue weighted by Gasteiger charge is 2.22. The highest BCUT2D eigenvalue weighted by atomic mass is 32.1. The van der Waals surface area contributed by atoms with Crippen molar-refractivity contribution in [3.63, 3.8) is 0 Å². The molecule has 82 valence electrons. The summed E-state index contributed by atoms with van der Waals surface area (Å²) in [5, 5.41) is -0.212. The lowest BCUT2D eigenvalue weighted by Gasteiger charge is -2.25. The summed E-state index contributed by atoms with van der Waals surface area (Å²) >= 11 is 4.15. The Labute approximate surface area is 91.2 Å². The normalized spacial score (nSPS) is 23.5. The quantitative estimate of drug-likeness (QED) is 0.720. The van der Waals surface area contributed by atoms with Gasteiger partial charge in [-0.2, -0.15) is 12.6 Å². The third-order valence-corrected chi connectivity index (χ3v) is 2.72. The smallest absolute Gasteiger partial charge is 0.235 e. The molecule has 1 saturated heterocycles. The number of nitrogens with zero attached hydrogens (tertiary/aromatic N) is 1. The Morgan fingerprint density at radius 3 is 2.86 bits per heavy atom. The van der Waals surface area contributed by atoms with Crippen LogP contribution in [0.4, 0.5) is 0 Å². The Hall–Kier alpha value is -0.220. The molecule has 1 aliphatic rings. The molecule has 2 atom stereocenters. The fraction of sp³-hybridized carbons (Fsp3) is 0.900. The molecule has 3 nitrogen and oxygen atoms in total. The number of amides is 1. The summed E-state index contributed by atoms with van der Waals surface area (Å²) in [6.07, 6.45) is 2.43. The zero-order valence-corrected chi connectivity index (χ0v) is 9.80. The fourth-order valence-electron chi connectivity index (χ4n) is 1.67. The van der Waals surface area contributed by atoms with Crippen LogP contribution in [-0.4, -0.2) is 41.9 Å². The highest BCUT2D eigenvalue weighted by molar-refractivity contribution is 7.81. The predicted molar refractivity (Wildman–Crippen MR) is 59.7 cm³/mol. The van der Waals surface area contributed by atoms with Gasteiger partial charge >= 0.3 is 0 Å². The van der Waals surface area contributed by atoms with Crippen molar-refractivity contribution in [2.24, 2.45) is 0 Å². The summed E-state index contributed by atoms with van der Waals surface area (Å²) in [5.74, 6) is 0.103. The van der Waals surface area contributed by atoms with Gasteiger partial charge in [-0.25, -0.2) is 0 Å². The first-order valence-electron chi connectivity index (χ1n) is 5.23. The highest BCUT2D eigenvalue weighted by Crippen LogP contribution is 2.14. The molecule has 0 aromatic heterocycles. The van der Waals surface area contributed by atoms with E-state index in [0.29, 0.717) is 0 Å². The maximum Gasteiger partial charge on any atom is 0.235 e. The van der Waals surface area contributed by atoms with Gasteiger partial charge < -0.3 is 9.64 Å². The maximum atomic E-state index is 11.7. The summed E-state index contributed by atoms with van der Waals surface area (Å²) in [6.45, 7) is 6.10. The first kappa shape index (κ1) is 11.9. The lowest BCUT2D eigenvalue weighted by Crippen LogP contribution is -2.40. The second-order valence-corrected chi connectivity index (χ2v) is 4.46. The molecule has 0 spiro atoms. The van der Waals surface area contributed by atoms with Crippen molar-refractivity contribution < 1.29 is 9.53 Å². The molecule has 0 aromatic rings. The van der Waals surface area contributed by atoms with Crippen molar-refractivity contribution in [1.82, 2.24) is 4.90 Å². The van der Waals surface area contributed by atoms with Gasteiger partial charge in [-0.1, -0.05) is 0 Å². The van der Waals surface area contributed by atoms with Crippen LogP contribution in [0.1, 0.15) is 26.7 Å². The van der Waals surface area contributed by atoms with Crippen LogP contribution >= 0.6 is 12.6 Å². The van der Waals surface area contributed by atoms with Crippen LogP contribution < -0.4 is 0 Å². The average Bonchev–Trinajstić information content (AvgIpc) is 2.65. The van der Waals surface area contributed by atoms with Gasteiger partial charge in [0.2, 0.25) is 5.91 Å². The van der Waals surface area contributed by atoms with Crippen molar-refractivity contribution in [2.45, 2.75) is 38.0 Å². The minimum atomic E-state index is -0.212. The van der Waals surface area contributed by atoms with E-state index >= 15 is 0 Å². The van der Waals surface area contributed by atoms with Crippen LogP contribution in [0.3, 0.4) is 0 Å². The number of carbonyl (C=O) groups is 1. The zero-order valence-electron chi connectivity index (χ0n) is 8.90. The zero-order chi connectivity index (χ0) is 10.6. The van der Waals surface area contributed by atoms with Gasteiger partial charge in [0, 0.05) is 19.7 Å². The first-order chi connectivity index (χ1) is 6.65. The van der Waals surface area contributed by atoms with Gasteiger partial charge in [0.25, 0.3) is 0 Å². The maximum absolute atomic E-state index is 11.7. The Balaban J connectivity index is 2.41.